The van der Waals surface area contributed by atoms with Gasteiger partial charge >= 0.3 is 0 Å². The van der Waals surface area contributed by atoms with Crippen molar-refractivity contribution >= 4 is 34.5 Å². The quantitative estimate of drug-likeness (QED) is 0.316. The molecule has 8 nitrogen and oxygen atoms in total. The lowest BCUT2D eigenvalue weighted by Crippen LogP contribution is -2.05. The number of fused-ring (bicyclic) bond motifs is 1. The van der Waals surface area contributed by atoms with Crippen molar-refractivity contribution in [1.29, 1.82) is 0 Å². The van der Waals surface area contributed by atoms with Gasteiger partial charge in [0.1, 0.15) is 12.4 Å². The Kier molecular flexibility index (Phi) is 5.27. The summed E-state index contributed by atoms with van der Waals surface area (Å²) < 4.78 is 10.9. The molecular weight excluding hydrogens is 444 g/mol. The van der Waals surface area contributed by atoms with E-state index >= 15 is 0 Å². The van der Waals surface area contributed by atoms with E-state index in [2.05, 4.69) is 20.4 Å². The van der Waals surface area contributed by atoms with Gasteiger partial charge in [-0.3, -0.25) is 4.79 Å². The molecule has 2 N–H and O–H groups in total. The Hall–Kier alpha value is -4.17. The van der Waals surface area contributed by atoms with Gasteiger partial charge in [-0.05, 0) is 42.8 Å². The summed E-state index contributed by atoms with van der Waals surface area (Å²) in [6.45, 7) is 1.98. The maximum atomic E-state index is 12.6. The number of nitrogens with one attached hydrogen (secondary N) is 1. The minimum absolute atomic E-state index is 0.0990. The van der Waals surface area contributed by atoms with Gasteiger partial charge in [0.05, 0.1) is 22.0 Å². The van der Waals surface area contributed by atoms with Crippen LogP contribution in [0.15, 0.2) is 65.4 Å². The predicted molar refractivity (Wildman–Crippen MR) is 123 cm³/mol. The van der Waals surface area contributed by atoms with E-state index in [4.69, 9.17) is 20.9 Å². The minimum atomic E-state index is -0.448. The number of amides is 1. The van der Waals surface area contributed by atoms with Crippen molar-refractivity contribution in [3.05, 3.63) is 88.8 Å². The van der Waals surface area contributed by atoms with Gasteiger partial charge in [0.15, 0.2) is 11.6 Å². The summed E-state index contributed by atoms with van der Waals surface area (Å²) in [6.07, 6.45) is 3.32. The van der Waals surface area contributed by atoms with E-state index in [-0.39, 0.29) is 23.7 Å². The van der Waals surface area contributed by atoms with Crippen LogP contribution in [-0.4, -0.2) is 26.1 Å². The molecule has 1 aliphatic heterocycles. The zero-order valence-electron chi connectivity index (χ0n) is 17.4. The number of halogens is 1. The molecule has 164 valence electrons. The van der Waals surface area contributed by atoms with Gasteiger partial charge in [-0.15, -0.1) is 0 Å². The third kappa shape index (κ3) is 4.04. The Labute approximate surface area is 193 Å². The van der Waals surface area contributed by atoms with Crippen LogP contribution in [-0.2, 0) is 11.4 Å². The molecule has 0 radical (unpaired) electrons. The standard InChI is InChI=1S/C24H17ClN4O4/c1-13-9-20(33-29-13)23(30)22-17-10-16(18(25)11-19(17)28-24(22)31)14-3-5-15(6-4-14)32-12-21-26-7-2-8-27-21/h2-11,30H,12H2,1H3,(H,28,31)/b23-22+. The third-order valence-corrected chi connectivity index (χ3v) is 5.42. The largest absolute Gasteiger partial charge is 0.504 e. The van der Waals surface area contributed by atoms with Crippen LogP contribution in [0.3, 0.4) is 0 Å². The molecule has 1 amide bonds. The number of aromatic nitrogens is 3. The fourth-order valence-corrected chi connectivity index (χ4v) is 3.80. The molecule has 0 aliphatic carbocycles. The van der Waals surface area contributed by atoms with E-state index in [9.17, 15) is 9.90 Å². The van der Waals surface area contributed by atoms with Gasteiger partial charge in [0.2, 0.25) is 5.76 Å². The SMILES string of the molecule is Cc1cc(/C(O)=C2\C(=O)Nc3cc(Cl)c(-c4ccc(OCc5ncccn5)cc4)cc32)on1. The third-order valence-electron chi connectivity index (χ3n) is 5.10. The van der Waals surface area contributed by atoms with Crippen molar-refractivity contribution in [2.75, 3.05) is 5.32 Å². The summed E-state index contributed by atoms with van der Waals surface area (Å²) in [7, 11) is 0. The van der Waals surface area contributed by atoms with Crippen LogP contribution in [0.5, 0.6) is 5.75 Å². The van der Waals surface area contributed by atoms with Gasteiger partial charge in [-0.2, -0.15) is 0 Å². The number of carbonyl (C=O) groups is 1. The lowest BCUT2D eigenvalue weighted by Gasteiger charge is -2.10. The van der Waals surface area contributed by atoms with E-state index < -0.39 is 5.91 Å². The number of hydrogen-bond acceptors (Lipinski definition) is 7. The summed E-state index contributed by atoms with van der Waals surface area (Å²) in [5.41, 5.74) is 3.24. The molecule has 0 spiro atoms. The summed E-state index contributed by atoms with van der Waals surface area (Å²) in [5.74, 6) is 0.621. The molecule has 2 aromatic carbocycles. The predicted octanol–water partition coefficient (Wildman–Crippen LogP) is 5.05. The van der Waals surface area contributed by atoms with Gasteiger partial charge in [0, 0.05) is 29.6 Å². The lowest BCUT2D eigenvalue weighted by atomic mass is 9.98. The van der Waals surface area contributed by atoms with Crippen LogP contribution < -0.4 is 10.1 Å². The summed E-state index contributed by atoms with van der Waals surface area (Å²) in [6, 6.07) is 14.1. The average Bonchev–Trinajstić information content (AvgIpc) is 3.40. The molecule has 33 heavy (non-hydrogen) atoms. The highest BCUT2D eigenvalue weighted by Gasteiger charge is 2.31. The number of aryl methyl sites for hydroxylation is 1. The van der Waals surface area contributed by atoms with Gasteiger partial charge in [-0.25, -0.2) is 9.97 Å². The minimum Gasteiger partial charge on any atom is -0.504 e. The molecule has 0 saturated carbocycles. The van der Waals surface area contributed by atoms with Crippen molar-refractivity contribution in [1.82, 2.24) is 15.1 Å². The van der Waals surface area contributed by atoms with Crippen LogP contribution in [0.1, 0.15) is 22.8 Å². The molecule has 4 aromatic rings. The van der Waals surface area contributed by atoms with Gasteiger partial charge in [0.25, 0.3) is 5.91 Å². The van der Waals surface area contributed by atoms with Gasteiger partial charge < -0.3 is 19.7 Å². The monoisotopic (exact) mass is 460 g/mol. The first kappa shape index (κ1) is 20.7. The molecule has 0 fully saturated rings. The summed E-state index contributed by atoms with van der Waals surface area (Å²) in [4.78, 5) is 20.8. The molecule has 1 aliphatic rings. The second kappa shape index (κ2) is 8.40. The van der Waals surface area contributed by atoms with Crippen molar-refractivity contribution < 1.29 is 19.2 Å². The first-order valence-electron chi connectivity index (χ1n) is 10.0. The number of anilines is 1. The fraction of sp³-hybridized carbons (Fsp3) is 0.0833. The topological polar surface area (TPSA) is 110 Å². The number of carbonyl (C=O) groups excluding carboxylic acids is 1. The van der Waals surface area contributed by atoms with Crippen LogP contribution in [0, 0.1) is 6.92 Å². The molecule has 5 rings (SSSR count). The molecule has 9 heteroatoms. The van der Waals surface area contributed by atoms with E-state index in [1.165, 1.54) is 0 Å². The van der Waals surface area contributed by atoms with E-state index in [0.717, 1.165) is 5.56 Å². The van der Waals surface area contributed by atoms with Crippen molar-refractivity contribution in [3.63, 3.8) is 0 Å². The smallest absolute Gasteiger partial charge is 0.260 e. The van der Waals surface area contributed by atoms with Crippen molar-refractivity contribution in [2.24, 2.45) is 0 Å². The second-order valence-corrected chi connectivity index (χ2v) is 7.77. The summed E-state index contributed by atoms with van der Waals surface area (Å²) in [5, 5.41) is 17.7. The zero-order chi connectivity index (χ0) is 22.9. The Balaban J connectivity index is 1.46. The normalized spacial score (nSPS) is 14.1. The molecule has 0 atom stereocenters. The average molecular weight is 461 g/mol. The van der Waals surface area contributed by atoms with Gasteiger partial charge in [-0.1, -0.05) is 28.9 Å². The summed E-state index contributed by atoms with van der Waals surface area (Å²) >= 11 is 6.51. The molecule has 0 bridgehead atoms. The lowest BCUT2D eigenvalue weighted by molar-refractivity contribution is -0.110. The van der Waals surface area contributed by atoms with E-state index in [1.807, 2.05) is 24.3 Å². The van der Waals surface area contributed by atoms with Crippen LogP contribution in [0.4, 0.5) is 5.69 Å². The number of aliphatic hydroxyl groups is 1. The molecule has 2 aromatic heterocycles. The number of nitrogens with zero attached hydrogens (tertiary/aromatic N) is 3. The first-order valence-corrected chi connectivity index (χ1v) is 10.4. The Bertz CT molecular complexity index is 1380. The molecular formula is C24H17ClN4O4. The van der Waals surface area contributed by atoms with Crippen molar-refractivity contribution in [2.45, 2.75) is 13.5 Å². The molecule has 0 unspecified atom stereocenters. The maximum Gasteiger partial charge on any atom is 0.260 e. The highest BCUT2D eigenvalue weighted by molar-refractivity contribution is 6.38. The number of ether oxygens (including phenoxy) is 1. The Morgan fingerprint density at radius 2 is 1.88 bits per heavy atom. The number of aliphatic hydroxyl groups excluding tert-OH is 1. The second-order valence-electron chi connectivity index (χ2n) is 7.37. The fourth-order valence-electron chi connectivity index (χ4n) is 3.53. The van der Waals surface area contributed by atoms with Crippen LogP contribution in [0.2, 0.25) is 5.02 Å². The number of benzene rings is 2. The van der Waals surface area contributed by atoms with E-state index in [0.29, 0.717) is 39.1 Å². The maximum absolute atomic E-state index is 12.6. The highest BCUT2D eigenvalue weighted by atomic mass is 35.5. The Morgan fingerprint density at radius 1 is 1.12 bits per heavy atom. The zero-order valence-corrected chi connectivity index (χ0v) is 18.1. The number of hydrogen-bond donors (Lipinski definition) is 2. The van der Waals surface area contributed by atoms with Crippen molar-refractivity contribution in [3.8, 4) is 16.9 Å². The highest BCUT2D eigenvalue weighted by Crippen LogP contribution is 2.42. The van der Waals surface area contributed by atoms with Crippen LogP contribution in [0.25, 0.3) is 22.5 Å². The number of rotatable bonds is 5. The molecule has 3 heterocycles. The molecule has 0 saturated heterocycles. The van der Waals surface area contributed by atoms with Crippen LogP contribution >= 0.6 is 11.6 Å². The van der Waals surface area contributed by atoms with E-state index in [1.54, 1.807) is 43.6 Å². The Morgan fingerprint density at radius 3 is 2.58 bits per heavy atom. The first-order chi connectivity index (χ1) is 16.0.